The molecule has 27 heavy (non-hydrogen) atoms. The highest BCUT2D eigenvalue weighted by molar-refractivity contribution is 6.05. The minimum absolute atomic E-state index is 0.0438. The summed E-state index contributed by atoms with van der Waals surface area (Å²) < 4.78 is 1.53. The van der Waals surface area contributed by atoms with Crippen LogP contribution in [-0.4, -0.2) is 16.4 Å². The first kappa shape index (κ1) is 18.9. The molecule has 2 aromatic rings. The Morgan fingerprint density at radius 2 is 1.78 bits per heavy atom. The SMILES string of the molecule is CCn1ccc(C(=O)Nc2cccc(NC(=O)C3CCCC3)c2C)cc1=O. The molecule has 142 valence electrons. The fourth-order valence-electron chi connectivity index (χ4n) is 3.43. The van der Waals surface area contributed by atoms with E-state index >= 15 is 0 Å². The maximum atomic E-state index is 12.5. The summed E-state index contributed by atoms with van der Waals surface area (Å²) in [6.07, 6.45) is 5.69. The molecule has 1 aromatic carbocycles. The summed E-state index contributed by atoms with van der Waals surface area (Å²) in [7, 11) is 0. The van der Waals surface area contributed by atoms with E-state index in [9.17, 15) is 14.4 Å². The number of pyridine rings is 1. The van der Waals surface area contributed by atoms with Crippen LogP contribution in [0.3, 0.4) is 0 Å². The number of carbonyl (C=O) groups excluding carboxylic acids is 2. The molecule has 0 atom stereocenters. The van der Waals surface area contributed by atoms with Crippen molar-refractivity contribution in [1.29, 1.82) is 0 Å². The third-order valence-electron chi connectivity index (χ3n) is 5.16. The molecule has 0 unspecified atom stereocenters. The Kier molecular flexibility index (Phi) is 5.74. The Labute approximate surface area is 158 Å². The van der Waals surface area contributed by atoms with Crippen molar-refractivity contribution in [3.05, 3.63) is 58.0 Å². The number of aromatic nitrogens is 1. The second-order valence-electron chi connectivity index (χ2n) is 6.94. The molecule has 0 saturated heterocycles. The minimum atomic E-state index is -0.349. The summed E-state index contributed by atoms with van der Waals surface area (Å²) in [6, 6.07) is 8.37. The van der Waals surface area contributed by atoms with Crippen LogP contribution in [0.2, 0.25) is 0 Å². The summed E-state index contributed by atoms with van der Waals surface area (Å²) in [5.74, 6) is -0.229. The van der Waals surface area contributed by atoms with Crippen LogP contribution in [0, 0.1) is 12.8 Å². The van der Waals surface area contributed by atoms with E-state index in [0.717, 1.165) is 31.2 Å². The zero-order valence-corrected chi connectivity index (χ0v) is 15.7. The number of carbonyl (C=O) groups is 2. The third kappa shape index (κ3) is 4.27. The molecule has 0 radical (unpaired) electrons. The third-order valence-corrected chi connectivity index (χ3v) is 5.16. The fourth-order valence-corrected chi connectivity index (χ4v) is 3.43. The lowest BCUT2D eigenvalue weighted by atomic mass is 10.1. The van der Waals surface area contributed by atoms with E-state index in [1.165, 1.54) is 10.6 Å². The number of aryl methyl sites for hydroxylation is 1. The zero-order chi connectivity index (χ0) is 19.4. The summed E-state index contributed by atoms with van der Waals surface area (Å²) in [6.45, 7) is 4.29. The van der Waals surface area contributed by atoms with E-state index in [0.29, 0.717) is 23.5 Å². The van der Waals surface area contributed by atoms with Crippen LogP contribution in [0.5, 0.6) is 0 Å². The maximum absolute atomic E-state index is 12.5. The molecule has 1 aromatic heterocycles. The molecule has 1 saturated carbocycles. The number of nitrogens with zero attached hydrogens (tertiary/aromatic N) is 1. The van der Waals surface area contributed by atoms with Crippen LogP contribution >= 0.6 is 0 Å². The monoisotopic (exact) mass is 367 g/mol. The van der Waals surface area contributed by atoms with Gasteiger partial charge in [-0.25, -0.2) is 0 Å². The molecule has 2 N–H and O–H groups in total. The molecule has 1 aliphatic rings. The molecule has 1 heterocycles. The number of benzene rings is 1. The van der Waals surface area contributed by atoms with Gasteiger partial charge < -0.3 is 15.2 Å². The van der Waals surface area contributed by atoms with Gasteiger partial charge >= 0.3 is 0 Å². The summed E-state index contributed by atoms with van der Waals surface area (Å²) >= 11 is 0. The van der Waals surface area contributed by atoms with Gasteiger partial charge in [-0.15, -0.1) is 0 Å². The van der Waals surface area contributed by atoms with Crippen molar-refractivity contribution < 1.29 is 9.59 Å². The lowest BCUT2D eigenvalue weighted by Gasteiger charge is -2.15. The van der Waals surface area contributed by atoms with Gasteiger partial charge in [0, 0.05) is 41.7 Å². The van der Waals surface area contributed by atoms with Crippen molar-refractivity contribution in [2.45, 2.75) is 46.1 Å². The number of anilines is 2. The first-order chi connectivity index (χ1) is 13.0. The van der Waals surface area contributed by atoms with Crippen LogP contribution in [0.1, 0.15) is 48.5 Å². The largest absolute Gasteiger partial charge is 0.326 e. The van der Waals surface area contributed by atoms with Gasteiger partial charge in [-0.3, -0.25) is 14.4 Å². The van der Waals surface area contributed by atoms with Crippen LogP contribution < -0.4 is 16.2 Å². The van der Waals surface area contributed by atoms with Gasteiger partial charge in [-0.05, 0) is 50.5 Å². The Bertz CT molecular complexity index is 911. The van der Waals surface area contributed by atoms with E-state index in [1.54, 1.807) is 24.4 Å². The average Bonchev–Trinajstić information content (AvgIpc) is 3.19. The van der Waals surface area contributed by atoms with Crippen LogP contribution in [0.4, 0.5) is 11.4 Å². The summed E-state index contributed by atoms with van der Waals surface area (Å²) in [4.78, 5) is 36.8. The highest BCUT2D eigenvalue weighted by atomic mass is 16.2. The molecule has 0 bridgehead atoms. The second-order valence-corrected chi connectivity index (χ2v) is 6.94. The normalized spacial score (nSPS) is 14.1. The number of nitrogens with one attached hydrogen (secondary N) is 2. The predicted molar refractivity (Wildman–Crippen MR) is 106 cm³/mol. The molecule has 0 aliphatic heterocycles. The smallest absolute Gasteiger partial charge is 0.255 e. The van der Waals surface area contributed by atoms with Gasteiger partial charge in [0.05, 0.1) is 0 Å². The van der Waals surface area contributed by atoms with E-state index in [-0.39, 0.29) is 23.3 Å². The second kappa shape index (κ2) is 8.20. The van der Waals surface area contributed by atoms with Crippen LogP contribution in [-0.2, 0) is 11.3 Å². The van der Waals surface area contributed by atoms with E-state index in [2.05, 4.69) is 10.6 Å². The molecule has 6 heteroatoms. The molecule has 1 aliphatic carbocycles. The molecule has 3 rings (SSSR count). The lowest BCUT2D eigenvalue weighted by Crippen LogP contribution is -2.22. The van der Waals surface area contributed by atoms with Gasteiger partial charge in [0.25, 0.3) is 11.5 Å². The lowest BCUT2D eigenvalue weighted by molar-refractivity contribution is -0.119. The van der Waals surface area contributed by atoms with E-state index in [1.807, 2.05) is 19.9 Å². The summed E-state index contributed by atoms with van der Waals surface area (Å²) in [5, 5.41) is 5.82. The van der Waals surface area contributed by atoms with Crippen molar-refractivity contribution in [2.24, 2.45) is 5.92 Å². The van der Waals surface area contributed by atoms with E-state index in [4.69, 9.17) is 0 Å². The van der Waals surface area contributed by atoms with Crippen molar-refractivity contribution in [3.63, 3.8) is 0 Å². The number of hydrogen-bond acceptors (Lipinski definition) is 3. The topological polar surface area (TPSA) is 80.2 Å². The van der Waals surface area contributed by atoms with Crippen molar-refractivity contribution >= 4 is 23.2 Å². The minimum Gasteiger partial charge on any atom is -0.326 e. The number of hydrogen-bond donors (Lipinski definition) is 2. The Morgan fingerprint density at radius 1 is 1.11 bits per heavy atom. The van der Waals surface area contributed by atoms with Gasteiger partial charge in [0.2, 0.25) is 5.91 Å². The van der Waals surface area contributed by atoms with Gasteiger partial charge in [0.1, 0.15) is 0 Å². The van der Waals surface area contributed by atoms with Gasteiger partial charge in [-0.1, -0.05) is 18.9 Å². The first-order valence-electron chi connectivity index (χ1n) is 9.42. The Morgan fingerprint density at radius 3 is 2.41 bits per heavy atom. The number of rotatable bonds is 5. The Hall–Kier alpha value is -2.89. The first-order valence-corrected chi connectivity index (χ1v) is 9.42. The molecular weight excluding hydrogens is 342 g/mol. The van der Waals surface area contributed by atoms with Crippen LogP contribution in [0.25, 0.3) is 0 Å². The fraction of sp³-hybridized carbons (Fsp3) is 0.381. The zero-order valence-electron chi connectivity index (χ0n) is 15.7. The van der Waals surface area contributed by atoms with Crippen molar-refractivity contribution in [1.82, 2.24) is 4.57 Å². The average molecular weight is 367 g/mol. The van der Waals surface area contributed by atoms with Crippen molar-refractivity contribution in [2.75, 3.05) is 10.6 Å². The highest BCUT2D eigenvalue weighted by Gasteiger charge is 2.23. The quantitative estimate of drug-likeness (QED) is 0.848. The van der Waals surface area contributed by atoms with Gasteiger partial charge in [0.15, 0.2) is 0 Å². The number of amides is 2. The molecule has 2 amide bonds. The predicted octanol–water partition coefficient (Wildman–Crippen LogP) is 3.56. The molecular formula is C21H25N3O3. The standard InChI is InChI=1S/C21H25N3O3/c1-3-24-12-11-16(13-19(24)25)21(27)23-18-10-6-9-17(14(18)2)22-20(26)15-7-4-5-8-15/h6,9-13,15H,3-5,7-8H2,1-2H3,(H,22,26)(H,23,27). The van der Waals surface area contributed by atoms with Gasteiger partial charge in [-0.2, -0.15) is 0 Å². The Balaban J connectivity index is 1.75. The van der Waals surface area contributed by atoms with Crippen molar-refractivity contribution in [3.8, 4) is 0 Å². The molecule has 1 fully saturated rings. The van der Waals surface area contributed by atoms with Crippen LogP contribution in [0.15, 0.2) is 41.3 Å². The molecule has 0 spiro atoms. The van der Waals surface area contributed by atoms with E-state index < -0.39 is 0 Å². The summed E-state index contributed by atoms with van der Waals surface area (Å²) in [5.41, 5.74) is 2.21. The highest BCUT2D eigenvalue weighted by Crippen LogP contribution is 2.28. The molecule has 6 nitrogen and oxygen atoms in total. The maximum Gasteiger partial charge on any atom is 0.255 e.